The monoisotopic (exact) mass is 370 g/mol. The quantitative estimate of drug-likeness (QED) is 0.738. The van der Waals surface area contributed by atoms with Crippen molar-refractivity contribution < 1.29 is 8.42 Å². The van der Waals surface area contributed by atoms with Gasteiger partial charge in [-0.3, -0.25) is 4.98 Å². The number of nitrogens with one attached hydrogen (secondary N) is 1. The second-order valence-electron chi connectivity index (χ2n) is 4.44. The summed E-state index contributed by atoms with van der Waals surface area (Å²) in [7, 11) is -3.54. The molecule has 0 saturated carbocycles. The van der Waals surface area contributed by atoms with Crippen LogP contribution < -0.4 is 4.72 Å². The first kappa shape index (κ1) is 15.6. The van der Waals surface area contributed by atoms with E-state index in [-0.39, 0.29) is 10.8 Å². The maximum atomic E-state index is 12.2. The molecule has 3 aromatic heterocycles. The van der Waals surface area contributed by atoms with Gasteiger partial charge >= 0.3 is 0 Å². The summed E-state index contributed by atoms with van der Waals surface area (Å²) >= 11 is 8.41. The Morgan fingerprint density at radius 3 is 2.77 bits per heavy atom. The van der Waals surface area contributed by atoms with E-state index in [4.69, 9.17) is 11.6 Å². The van der Waals surface area contributed by atoms with E-state index in [1.807, 2.05) is 22.9 Å². The Labute approximate surface area is 141 Å². The molecule has 3 heterocycles. The van der Waals surface area contributed by atoms with Gasteiger partial charge in [-0.2, -0.15) is 11.3 Å². The van der Waals surface area contributed by atoms with Crippen LogP contribution in [0.4, 0.5) is 0 Å². The normalized spacial score (nSPS) is 11.7. The Balaban J connectivity index is 1.75. The van der Waals surface area contributed by atoms with Crippen molar-refractivity contribution in [1.29, 1.82) is 0 Å². The number of aromatic nitrogens is 1. The van der Waals surface area contributed by atoms with Crippen LogP contribution in [0.2, 0.25) is 4.34 Å². The zero-order valence-corrected chi connectivity index (χ0v) is 14.4. The Morgan fingerprint density at radius 1 is 1.23 bits per heavy atom. The molecule has 22 heavy (non-hydrogen) atoms. The van der Waals surface area contributed by atoms with Crippen LogP contribution in [0.3, 0.4) is 0 Å². The second kappa shape index (κ2) is 6.47. The number of sulfonamides is 1. The molecule has 0 aliphatic heterocycles. The molecule has 0 saturated heterocycles. The summed E-state index contributed by atoms with van der Waals surface area (Å²) in [5.74, 6) is 0. The largest absolute Gasteiger partial charge is 0.256 e. The number of thiophene rings is 2. The Bertz CT molecular complexity index is 873. The predicted molar refractivity (Wildman–Crippen MR) is 90.9 cm³/mol. The summed E-state index contributed by atoms with van der Waals surface area (Å²) < 4.78 is 27.6. The third-order valence-electron chi connectivity index (χ3n) is 2.92. The first-order valence-electron chi connectivity index (χ1n) is 6.27. The van der Waals surface area contributed by atoms with Crippen molar-refractivity contribution in [1.82, 2.24) is 9.71 Å². The van der Waals surface area contributed by atoms with Crippen molar-refractivity contribution in [2.45, 2.75) is 10.8 Å². The molecule has 0 aromatic carbocycles. The van der Waals surface area contributed by atoms with Gasteiger partial charge in [0.15, 0.2) is 0 Å². The van der Waals surface area contributed by atoms with Crippen LogP contribution in [0.5, 0.6) is 0 Å². The highest BCUT2D eigenvalue weighted by Gasteiger charge is 2.16. The molecule has 0 bridgehead atoms. The first-order chi connectivity index (χ1) is 10.5. The summed E-state index contributed by atoms with van der Waals surface area (Å²) in [6.07, 6.45) is 1.68. The third-order valence-corrected chi connectivity index (χ3v) is 6.73. The molecule has 3 aromatic rings. The van der Waals surface area contributed by atoms with E-state index in [1.165, 1.54) is 6.07 Å². The molecular formula is C14H11ClN2O2S3. The Kier molecular flexibility index (Phi) is 4.60. The summed E-state index contributed by atoms with van der Waals surface area (Å²) in [6, 6.07) is 8.72. The molecule has 0 spiro atoms. The van der Waals surface area contributed by atoms with Crippen LogP contribution in [0.15, 0.2) is 51.5 Å². The van der Waals surface area contributed by atoms with Gasteiger partial charge in [0.05, 0.1) is 10.0 Å². The minimum Gasteiger partial charge on any atom is -0.256 e. The third kappa shape index (κ3) is 3.56. The zero-order valence-electron chi connectivity index (χ0n) is 11.2. The minimum atomic E-state index is -3.54. The average Bonchev–Trinajstić information content (AvgIpc) is 3.17. The number of hydrogen-bond donors (Lipinski definition) is 1. The molecule has 8 heteroatoms. The summed E-state index contributed by atoms with van der Waals surface area (Å²) in [4.78, 5) is 4.30. The highest BCUT2D eigenvalue weighted by molar-refractivity contribution is 7.91. The van der Waals surface area contributed by atoms with Gasteiger partial charge in [0.2, 0.25) is 10.0 Å². The van der Waals surface area contributed by atoms with E-state index < -0.39 is 10.0 Å². The lowest BCUT2D eigenvalue weighted by Gasteiger charge is -2.06. The van der Waals surface area contributed by atoms with Crippen molar-refractivity contribution in [2.75, 3.05) is 0 Å². The number of halogens is 1. The number of rotatable bonds is 5. The fourth-order valence-electron chi connectivity index (χ4n) is 1.84. The van der Waals surface area contributed by atoms with Crippen LogP contribution in [0.25, 0.3) is 11.3 Å². The van der Waals surface area contributed by atoms with Gasteiger partial charge in [0, 0.05) is 23.7 Å². The fraction of sp³-hybridized carbons (Fsp3) is 0.0714. The van der Waals surface area contributed by atoms with Gasteiger partial charge in [-0.1, -0.05) is 11.6 Å². The first-order valence-corrected chi connectivity index (χ1v) is 9.89. The molecule has 3 rings (SSSR count). The molecule has 0 aliphatic rings. The van der Waals surface area contributed by atoms with Crippen LogP contribution in [-0.2, 0) is 16.6 Å². The molecule has 0 atom stereocenters. The van der Waals surface area contributed by atoms with Crippen molar-refractivity contribution in [3.63, 3.8) is 0 Å². The van der Waals surface area contributed by atoms with E-state index in [2.05, 4.69) is 9.71 Å². The molecule has 0 amide bonds. The van der Waals surface area contributed by atoms with Gasteiger partial charge in [-0.25, -0.2) is 13.1 Å². The molecule has 0 fully saturated rings. The van der Waals surface area contributed by atoms with E-state index in [1.54, 1.807) is 29.7 Å². The van der Waals surface area contributed by atoms with Crippen molar-refractivity contribution in [3.05, 3.63) is 57.2 Å². The molecule has 0 unspecified atom stereocenters. The molecule has 1 N–H and O–H groups in total. The summed E-state index contributed by atoms with van der Waals surface area (Å²) in [5.41, 5.74) is 2.71. The zero-order chi connectivity index (χ0) is 15.6. The lowest BCUT2D eigenvalue weighted by molar-refractivity contribution is 0.583. The second-order valence-corrected chi connectivity index (χ2v) is 8.93. The van der Waals surface area contributed by atoms with E-state index in [0.717, 1.165) is 28.2 Å². The molecule has 0 aliphatic carbocycles. The van der Waals surface area contributed by atoms with Crippen LogP contribution >= 0.6 is 34.3 Å². The highest BCUT2D eigenvalue weighted by Crippen LogP contribution is 2.25. The topological polar surface area (TPSA) is 59.1 Å². The summed E-state index contributed by atoms with van der Waals surface area (Å²) in [5, 5.41) is 3.98. The smallest absolute Gasteiger partial charge is 0.250 e. The predicted octanol–water partition coefficient (Wildman–Crippen LogP) is 4.00. The van der Waals surface area contributed by atoms with Gasteiger partial charge in [0.25, 0.3) is 0 Å². The SMILES string of the molecule is O=S(=O)(NCc1ccnc(-c2ccsc2)c1)c1ccc(Cl)s1. The van der Waals surface area contributed by atoms with E-state index in [9.17, 15) is 8.42 Å². The minimum absolute atomic E-state index is 0.206. The van der Waals surface area contributed by atoms with Gasteiger partial charge in [0.1, 0.15) is 4.21 Å². The standard InChI is InChI=1S/C14H11ClN2O2S3/c15-13-1-2-14(21-13)22(18,19)17-8-10-3-5-16-12(7-10)11-4-6-20-9-11/h1-7,9,17H,8H2. The average molecular weight is 371 g/mol. The Hall–Kier alpha value is -1.25. The van der Waals surface area contributed by atoms with Crippen molar-refractivity contribution >= 4 is 44.3 Å². The van der Waals surface area contributed by atoms with Crippen LogP contribution in [-0.4, -0.2) is 13.4 Å². The Morgan fingerprint density at radius 2 is 2.09 bits per heavy atom. The lowest BCUT2D eigenvalue weighted by atomic mass is 10.1. The fourth-order valence-corrected chi connectivity index (χ4v) is 5.04. The maximum absolute atomic E-state index is 12.2. The van der Waals surface area contributed by atoms with Crippen LogP contribution in [0.1, 0.15) is 5.56 Å². The van der Waals surface area contributed by atoms with Crippen LogP contribution in [0, 0.1) is 0 Å². The van der Waals surface area contributed by atoms with Crippen molar-refractivity contribution in [2.24, 2.45) is 0 Å². The van der Waals surface area contributed by atoms with E-state index in [0.29, 0.717) is 4.34 Å². The van der Waals surface area contributed by atoms with Gasteiger partial charge < -0.3 is 0 Å². The highest BCUT2D eigenvalue weighted by atomic mass is 35.5. The molecular weight excluding hydrogens is 360 g/mol. The molecule has 0 radical (unpaired) electrons. The molecule has 4 nitrogen and oxygen atoms in total. The van der Waals surface area contributed by atoms with Gasteiger partial charge in [-0.15, -0.1) is 11.3 Å². The number of nitrogens with zero attached hydrogens (tertiary/aromatic N) is 1. The summed E-state index contributed by atoms with van der Waals surface area (Å²) in [6.45, 7) is 0.206. The lowest BCUT2D eigenvalue weighted by Crippen LogP contribution is -2.22. The van der Waals surface area contributed by atoms with Crippen molar-refractivity contribution in [3.8, 4) is 11.3 Å². The molecule has 114 valence electrons. The number of pyridine rings is 1. The number of hydrogen-bond acceptors (Lipinski definition) is 5. The van der Waals surface area contributed by atoms with E-state index >= 15 is 0 Å². The van der Waals surface area contributed by atoms with Gasteiger partial charge in [-0.05, 0) is 41.3 Å². The maximum Gasteiger partial charge on any atom is 0.250 e.